The first-order valence-electron chi connectivity index (χ1n) is 4.93. The van der Waals surface area contributed by atoms with E-state index in [2.05, 4.69) is 12.2 Å². The molecule has 0 bridgehead atoms. The maximum Gasteiger partial charge on any atom is 0.292 e. The molecule has 0 atom stereocenters. The minimum atomic E-state index is -0.481. The number of hydrogen-bond acceptors (Lipinski definition) is 4. The van der Waals surface area contributed by atoms with Gasteiger partial charge >= 0.3 is 0 Å². The molecule has 15 heavy (non-hydrogen) atoms. The molecule has 5 nitrogen and oxygen atoms in total. The first-order chi connectivity index (χ1) is 7.15. The molecule has 0 aliphatic rings. The summed E-state index contributed by atoms with van der Waals surface area (Å²) in [6.45, 7) is 2.96. The molecule has 1 rings (SSSR count). The Kier molecular flexibility index (Phi) is 3.91. The maximum absolute atomic E-state index is 10.5. The van der Waals surface area contributed by atoms with Crippen LogP contribution in [0.15, 0.2) is 18.2 Å². The van der Waals surface area contributed by atoms with Crippen LogP contribution in [0.25, 0.3) is 0 Å². The van der Waals surface area contributed by atoms with E-state index >= 15 is 0 Å². The van der Waals surface area contributed by atoms with Crippen molar-refractivity contribution in [2.24, 2.45) is 0 Å². The quantitative estimate of drug-likeness (QED) is 0.337. The van der Waals surface area contributed by atoms with E-state index in [0.29, 0.717) is 0 Å². The van der Waals surface area contributed by atoms with Crippen molar-refractivity contribution in [2.45, 2.75) is 19.8 Å². The van der Waals surface area contributed by atoms with Crippen molar-refractivity contribution in [1.82, 2.24) is 0 Å². The molecular formula is C10H15N3O2. The van der Waals surface area contributed by atoms with E-state index in [4.69, 9.17) is 5.73 Å². The number of nitro benzene ring substituents is 1. The van der Waals surface area contributed by atoms with Crippen LogP contribution in [0.3, 0.4) is 0 Å². The van der Waals surface area contributed by atoms with Crippen LogP contribution in [0.2, 0.25) is 0 Å². The lowest BCUT2D eigenvalue weighted by atomic mass is 10.2. The molecule has 0 spiro atoms. The lowest BCUT2D eigenvalue weighted by Gasteiger charge is -2.06. The Hall–Kier alpha value is -1.78. The summed E-state index contributed by atoms with van der Waals surface area (Å²) in [6.07, 6.45) is 2.17. The number of nitrogen functional groups attached to an aromatic ring is 1. The van der Waals surface area contributed by atoms with Crippen LogP contribution >= 0.6 is 0 Å². The van der Waals surface area contributed by atoms with Gasteiger partial charge in [-0.15, -0.1) is 0 Å². The van der Waals surface area contributed by atoms with Gasteiger partial charge in [-0.1, -0.05) is 13.3 Å². The van der Waals surface area contributed by atoms with E-state index in [1.807, 2.05) is 0 Å². The maximum atomic E-state index is 10.5. The summed E-state index contributed by atoms with van der Waals surface area (Å²) in [4.78, 5) is 10.0. The van der Waals surface area contributed by atoms with Crippen LogP contribution in [0.5, 0.6) is 0 Å². The number of nitrogens with one attached hydrogen (secondary N) is 1. The van der Waals surface area contributed by atoms with E-state index < -0.39 is 4.92 Å². The highest BCUT2D eigenvalue weighted by Gasteiger charge is 2.10. The predicted molar refractivity (Wildman–Crippen MR) is 60.9 cm³/mol. The zero-order valence-corrected chi connectivity index (χ0v) is 8.69. The van der Waals surface area contributed by atoms with Gasteiger partial charge in [0.1, 0.15) is 5.69 Å². The Bertz CT molecular complexity index is 353. The van der Waals surface area contributed by atoms with E-state index in [1.165, 1.54) is 6.07 Å². The molecule has 0 saturated carbocycles. The molecular weight excluding hydrogens is 194 g/mol. The van der Waals surface area contributed by atoms with Crippen LogP contribution in [0.4, 0.5) is 17.1 Å². The summed E-state index contributed by atoms with van der Waals surface area (Å²) in [5.41, 5.74) is 6.52. The van der Waals surface area contributed by atoms with E-state index in [9.17, 15) is 10.1 Å². The molecule has 0 aromatic heterocycles. The van der Waals surface area contributed by atoms with Crippen LogP contribution in [-0.4, -0.2) is 11.5 Å². The SMILES string of the molecule is CCCCNc1ccc([N+](=O)[O-])c(N)c1. The van der Waals surface area contributed by atoms with Gasteiger partial charge in [0.25, 0.3) is 5.69 Å². The molecule has 0 aliphatic carbocycles. The van der Waals surface area contributed by atoms with Crippen molar-refractivity contribution in [3.63, 3.8) is 0 Å². The minimum Gasteiger partial charge on any atom is -0.393 e. The summed E-state index contributed by atoms with van der Waals surface area (Å²) in [5, 5.41) is 13.6. The van der Waals surface area contributed by atoms with Crippen molar-refractivity contribution in [3.8, 4) is 0 Å². The molecule has 82 valence electrons. The normalized spacial score (nSPS) is 9.93. The Labute approximate surface area is 88.4 Å². The highest BCUT2D eigenvalue weighted by Crippen LogP contribution is 2.24. The van der Waals surface area contributed by atoms with Crippen LogP contribution < -0.4 is 11.1 Å². The van der Waals surface area contributed by atoms with Crippen molar-refractivity contribution >= 4 is 17.1 Å². The number of nitrogens with two attached hydrogens (primary N) is 1. The van der Waals surface area contributed by atoms with Crippen molar-refractivity contribution in [2.75, 3.05) is 17.6 Å². The lowest BCUT2D eigenvalue weighted by Crippen LogP contribution is -2.02. The number of hydrogen-bond donors (Lipinski definition) is 2. The summed E-state index contributed by atoms with van der Waals surface area (Å²) in [6, 6.07) is 4.68. The Morgan fingerprint density at radius 3 is 2.80 bits per heavy atom. The Morgan fingerprint density at radius 2 is 2.27 bits per heavy atom. The number of unbranched alkanes of at least 4 members (excludes halogenated alkanes) is 1. The molecule has 1 aromatic carbocycles. The third kappa shape index (κ3) is 3.12. The van der Waals surface area contributed by atoms with Crippen LogP contribution in [0, 0.1) is 10.1 Å². The van der Waals surface area contributed by atoms with Gasteiger partial charge in [-0.05, 0) is 18.6 Å². The number of nitrogens with zero attached hydrogens (tertiary/aromatic N) is 1. The summed E-state index contributed by atoms with van der Waals surface area (Å²) >= 11 is 0. The van der Waals surface area contributed by atoms with Gasteiger partial charge in [-0.25, -0.2) is 0 Å². The highest BCUT2D eigenvalue weighted by atomic mass is 16.6. The number of benzene rings is 1. The molecule has 5 heteroatoms. The molecule has 0 aliphatic heterocycles. The summed E-state index contributed by atoms with van der Waals surface area (Å²) in [5.74, 6) is 0. The lowest BCUT2D eigenvalue weighted by molar-refractivity contribution is -0.383. The van der Waals surface area contributed by atoms with E-state index in [-0.39, 0.29) is 11.4 Å². The first kappa shape index (κ1) is 11.3. The molecule has 0 fully saturated rings. The Balaban J connectivity index is 2.69. The fourth-order valence-electron chi connectivity index (χ4n) is 1.24. The van der Waals surface area contributed by atoms with Gasteiger partial charge in [-0.2, -0.15) is 0 Å². The molecule has 3 N–H and O–H groups in total. The molecule has 0 amide bonds. The van der Waals surface area contributed by atoms with Gasteiger partial charge in [0.05, 0.1) is 4.92 Å². The minimum absolute atomic E-state index is 0.0453. The predicted octanol–water partition coefficient (Wildman–Crippen LogP) is 2.39. The standard InChI is InChI=1S/C10H15N3O2/c1-2-3-6-12-8-4-5-10(13(14)15)9(11)7-8/h4-5,7,12H,2-3,6,11H2,1H3. The van der Waals surface area contributed by atoms with Gasteiger partial charge in [0, 0.05) is 18.3 Å². The smallest absolute Gasteiger partial charge is 0.292 e. The van der Waals surface area contributed by atoms with E-state index in [1.54, 1.807) is 12.1 Å². The molecule has 0 radical (unpaired) electrons. The van der Waals surface area contributed by atoms with Gasteiger partial charge < -0.3 is 11.1 Å². The first-order valence-corrected chi connectivity index (χ1v) is 4.93. The van der Waals surface area contributed by atoms with Gasteiger partial charge in [0.2, 0.25) is 0 Å². The van der Waals surface area contributed by atoms with Crippen molar-refractivity contribution in [3.05, 3.63) is 28.3 Å². The Morgan fingerprint density at radius 1 is 1.53 bits per heavy atom. The summed E-state index contributed by atoms with van der Waals surface area (Å²) < 4.78 is 0. The van der Waals surface area contributed by atoms with Gasteiger partial charge in [-0.3, -0.25) is 10.1 Å². The average molecular weight is 209 g/mol. The molecule has 0 heterocycles. The monoisotopic (exact) mass is 209 g/mol. The molecule has 1 aromatic rings. The number of anilines is 2. The van der Waals surface area contributed by atoms with Crippen molar-refractivity contribution < 1.29 is 4.92 Å². The highest BCUT2D eigenvalue weighted by molar-refractivity contribution is 5.65. The van der Waals surface area contributed by atoms with Crippen LogP contribution in [-0.2, 0) is 0 Å². The molecule has 0 unspecified atom stereocenters. The zero-order valence-electron chi connectivity index (χ0n) is 8.69. The average Bonchev–Trinajstić information content (AvgIpc) is 2.17. The topological polar surface area (TPSA) is 81.2 Å². The molecule has 0 saturated heterocycles. The second-order valence-electron chi connectivity index (χ2n) is 3.31. The second-order valence-corrected chi connectivity index (χ2v) is 3.31. The second kappa shape index (κ2) is 5.19. The summed E-state index contributed by atoms with van der Waals surface area (Å²) in [7, 11) is 0. The van der Waals surface area contributed by atoms with Gasteiger partial charge in [0.15, 0.2) is 0 Å². The fourth-order valence-corrected chi connectivity index (χ4v) is 1.24. The van der Waals surface area contributed by atoms with Crippen molar-refractivity contribution in [1.29, 1.82) is 0 Å². The third-order valence-corrected chi connectivity index (χ3v) is 2.08. The fraction of sp³-hybridized carbons (Fsp3) is 0.400. The number of nitro groups is 1. The van der Waals surface area contributed by atoms with Crippen LogP contribution in [0.1, 0.15) is 19.8 Å². The number of rotatable bonds is 5. The van der Waals surface area contributed by atoms with E-state index in [0.717, 1.165) is 25.1 Å². The zero-order chi connectivity index (χ0) is 11.3. The largest absolute Gasteiger partial charge is 0.393 e. The third-order valence-electron chi connectivity index (χ3n) is 2.08.